The fraction of sp³-hybridized carbons (Fsp3) is 0.278. The number of carbonyl (C=O) groups is 1. The zero-order valence-electron chi connectivity index (χ0n) is 12.3. The Balaban J connectivity index is 1.56. The minimum atomic E-state index is -0.482. The van der Waals surface area contributed by atoms with Crippen LogP contribution < -0.4 is 0 Å². The Bertz CT molecular complexity index is 615. The van der Waals surface area contributed by atoms with Crippen LogP contribution in [0.25, 0.3) is 0 Å². The van der Waals surface area contributed by atoms with Crippen molar-refractivity contribution in [2.24, 2.45) is 0 Å². The van der Waals surface area contributed by atoms with Crippen molar-refractivity contribution >= 4 is 6.09 Å². The van der Waals surface area contributed by atoms with E-state index in [4.69, 9.17) is 4.74 Å². The van der Waals surface area contributed by atoms with Crippen molar-refractivity contribution in [1.82, 2.24) is 4.90 Å². The lowest BCUT2D eigenvalue weighted by Crippen LogP contribution is -2.63. The maximum atomic E-state index is 12.1. The molecule has 4 heteroatoms. The number of carbonyl (C=O) groups excluding carboxylic acids is 1. The molecule has 1 unspecified atom stereocenters. The lowest BCUT2D eigenvalue weighted by Gasteiger charge is -2.44. The Morgan fingerprint density at radius 2 is 1.64 bits per heavy atom. The third-order valence-corrected chi connectivity index (χ3v) is 3.96. The first-order valence-corrected chi connectivity index (χ1v) is 7.43. The van der Waals surface area contributed by atoms with Gasteiger partial charge in [0.25, 0.3) is 0 Å². The molecule has 114 valence electrons. The van der Waals surface area contributed by atoms with Crippen molar-refractivity contribution in [3.63, 3.8) is 0 Å². The van der Waals surface area contributed by atoms with Crippen molar-refractivity contribution in [3.05, 3.63) is 71.8 Å². The van der Waals surface area contributed by atoms with E-state index < -0.39 is 6.10 Å². The zero-order chi connectivity index (χ0) is 15.4. The van der Waals surface area contributed by atoms with Crippen LogP contribution in [0.5, 0.6) is 0 Å². The van der Waals surface area contributed by atoms with Gasteiger partial charge in [0, 0.05) is 0 Å². The molecule has 0 saturated carbocycles. The predicted octanol–water partition coefficient (Wildman–Crippen LogP) is 2.61. The molecule has 2 aromatic rings. The summed E-state index contributed by atoms with van der Waals surface area (Å²) in [5.74, 6) is 0. The summed E-state index contributed by atoms with van der Waals surface area (Å²) in [6.07, 6.45) is -0.206. The van der Waals surface area contributed by atoms with E-state index in [-0.39, 0.29) is 18.7 Å². The van der Waals surface area contributed by atoms with Gasteiger partial charge in [0.2, 0.25) is 0 Å². The number of rotatable bonds is 4. The van der Waals surface area contributed by atoms with Crippen molar-refractivity contribution < 1.29 is 14.6 Å². The highest BCUT2D eigenvalue weighted by atomic mass is 16.6. The van der Waals surface area contributed by atoms with Gasteiger partial charge < -0.3 is 9.84 Å². The maximum absolute atomic E-state index is 12.1. The molecule has 2 aromatic carbocycles. The molecule has 0 spiro atoms. The Morgan fingerprint density at radius 3 is 2.23 bits per heavy atom. The predicted molar refractivity (Wildman–Crippen MR) is 83.3 cm³/mol. The van der Waals surface area contributed by atoms with Gasteiger partial charge in [-0.15, -0.1) is 0 Å². The summed E-state index contributed by atoms with van der Waals surface area (Å²) in [4.78, 5) is 13.7. The number of nitrogens with zero attached hydrogens (tertiary/aromatic N) is 1. The summed E-state index contributed by atoms with van der Waals surface area (Å²) in [6.45, 7) is 0.593. The van der Waals surface area contributed by atoms with E-state index in [2.05, 4.69) is 0 Å². The highest BCUT2D eigenvalue weighted by molar-refractivity contribution is 5.69. The second kappa shape index (κ2) is 6.62. The number of amides is 1. The lowest BCUT2D eigenvalue weighted by atomic mass is 9.93. The maximum Gasteiger partial charge on any atom is 0.410 e. The first kappa shape index (κ1) is 14.6. The Hall–Kier alpha value is -2.33. The van der Waals surface area contributed by atoms with E-state index >= 15 is 0 Å². The summed E-state index contributed by atoms with van der Waals surface area (Å²) in [6, 6.07) is 19.2. The number of aliphatic hydroxyl groups excluding tert-OH is 1. The molecule has 0 aliphatic carbocycles. The van der Waals surface area contributed by atoms with E-state index in [1.54, 1.807) is 4.90 Å². The van der Waals surface area contributed by atoms with Gasteiger partial charge in [0.15, 0.2) is 0 Å². The molecule has 1 aliphatic rings. The zero-order valence-corrected chi connectivity index (χ0v) is 12.3. The minimum absolute atomic E-state index is 0.203. The number of ether oxygens (including phenoxy) is 1. The number of aliphatic hydroxyl groups is 1. The molecule has 1 heterocycles. The van der Waals surface area contributed by atoms with Crippen LogP contribution in [-0.4, -0.2) is 34.8 Å². The first-order valence-electron chi connectivity index (χ1n) is 7.43. The minimum Gasteiger partial charge on any atom is -0.445 e. The summed E-state index contributed by atoms with van der Waals surface area (Å²) in [5.41, 5.74) is 2.06. The second-order valence-corrected chi connectivity index (χ2v) is 5.52. The van der Waals surface area contributed by atoms with Gasteiger partial charge in [-0.1, -0.05) is 60.7 Å². The van der Waals surface area contributed by atoms with Crippen LogP contribution in [0.4, 0.5) is 4.79 Å². The van der Waals surface area contributed by atoms with Gasteiger partial charge in [-0.3, -0.25) is 4.90 Å². The van der Waals surface area contributed by atoms with Gasteiger partial charge in [-0.25, -0.2) is 4.79 Å². The third-order valence-electron chi connectivity index (χ3n) is 3.96. The standard InChI is InChI=1S/C18H19NO3/c20-17-12-19(16(17)11-14-7-3-1-4-8-14)18(21)22-13-15-9-5-2-6-10-15/h1-10,16-17,20H,11-13H2/t16-,17?/m1/s1. The summed E-state index contributed by atoms with van der Waals surface area (Å²) in [5, 5.41) is 9.92. The summed E-state index contributed by atoms with van der Waals surface area (Å²) < 4.78 is 5.32. The highest BCUT2D eigenvalue weighted by Gasteiger charge is 2.41. The van der Waals surface area contributed by atoms with Gasteiger partial charge in [-0.05, 0) is 17.5 Å². The molecule has 0 aromatic heterocycles. The van der Waals surface area contributed by atoms with Gasteiger partial charge in [-0.2, -0.15) is 0 Å². The van der Waals surface area contributed by atoms with Crippen LogP contribution in [0.2, 0.25) is 0 Å². The average Bonchev–Trinajstić information content (AvgIpc) is 2.57. The third kappa shape index (κ3) is 3.28. The molecule has 1 saturated heterocycles. The molecule has 3 rings (SSSR count). The summed E-state index contributed by atoms with van der Waals surface area (Å²) >= 11 is 0. The Morgan fingerprint density at radius 1 is 1.05 bits per heavy atom. The normalized spacial score (nSPS) is 20.3. The molecule has 22 heavy (non-hydrogen) atoms. The lowest BCUT2D eigenvalue weighted by molar-refractivity contribution is -0.0547. The number of hydrogen-bond acceptors (Lipinski definition) is 3. The van der Waals surface area contributed by atoms with E-state index in [0.717, 1.165) is 11.1 Å². The molecule has 1 aliphatic heterocycles. The van der Waals surface area contributed by atoms with Crippen LogP contribution in [0.1, 0.15) is 11.1 Å². The molecular weight excluding hydrogens is 278 g/mol. The van der Waals surface area contributed by atoms with Crippen LogP contribution in [0.15, 0.2) is 60.7 Å². The highest BCUT2D eigenvalue weighted by Crippen LogP contribution is 2.23. The molecular formula is C18H19NO3. The van der Waals surface area contributed by atoms with Crippen LogP contribution in [0, 0.1) is 0 Å². The Kier molecular flexibility index (Phi) is 4.39. The molecule has 1 amide bonds. The average molecular weight is 297 g/mol. The number of hydrogen-bond donors (Lipinski definition) is 1. The molecule has 2 atom stereocenters. The number of likely N-dealkylation sites (tertiary alicyclic amines) is 1. The van der Waals surface area contributed by atoms with Crippen LogP contribution in [0.3, 0.4) is 0 Å². The molecule has 0 radical (unpaired) electrons. The smallest absolute Gasteiger partial charge is 0.410 e. The van der Waals surface area contributed by atoms with Crippen molar-refractivity contribution in [1.29, 1.82) is 0 Å². The number of β-amino-alcohol motifs (C(OH)–C–C–N with tert-alkyl or cyclic N) is 1. The van der Waals surface area contributed by atoms with Gasteiger partial charge in [0.05, 0.1) is 18.7 Å². The van der Waals surface area contributed by atoms with Crippen LogP contribution in [-0.2, 0) is 17.8 Å². The second-order valence-electron chi connectivity index (χ2n) is 5.52. The Labute approximate surface area is 130 Å². The topological polar surface area (TPSA) is 49.8 Å². The van der Waals surface area contributed by atoms with Crippen molar-refractivity contribution in [2.75, 3.05) is 6.54 Å². The van der Waals surface area contributed by atoms with E-state index in [9.17, 15) is 9.90 Å². The van der Waals surface area contributed by atoms with Gasteiger partial charge in [0.1, 0.15) is 6.61 Å². The SMILES string of the molecule is O=C(OCc1ccccc1)N1CC(O)[C@H]1Cc1ccccc1. The van der Waals surface area contributed by atoms with E-state index in [1.807, 2.05) is 60.7 Å². The van der Waals surface area contributed by atoms with Crippen molar-refractivity contribution in [2.45, 2.75) is 25.2 Å². The first-order chi connectivity index (χ1) is 10.7. The van der Waals surface area contributed by atoms with E-state index in [1.165, 1.54) is 0 Å². The summed E-state index contributed by atoms with van der Waals surface area (Å²) in [7, 11) is 0. The molecule has 1 fully saturated rings. The molecule has 4 nitrogen and oxygen atoms in total. The number of benzene rings is 2. The van der Waals surface area contributed by atoms with E-state index in [0.29, 0.717) is 13.0 Å². The quantitative estimate of drug-likeness (QED) is 0.943. The van der Waals surface area contributed by atoms with Gasteiger partial charge >= 0.3 is 6.09 Å². The molecule has 1 N–H and O–H groups in total. The monoisotopic (exact) mass is 297 g/mol. The fourth-order valence-electron chi connectivity index (χ4n) is 2.64. The largest absolute Gasteiger partial charge is 0.445 e. The molecule has 0 bridgehead atoms. The van der Waals surface area contributed by atoms with Crippen LogP contribution >= 0.6 is 0 Å². The van der Waals surface area contributed by atoms with Crippen molar-refractivity contribution in [3.8, 4) is 0 Å². The fourth-order valence-corrected chi connectivity index (χ4v) is 2.64.